The van der Waals surface area contributed by atoms with Crippen molar-refractivity contribution in [1.82, 2.24) is 20.3 Å². The van der Waals surface area contributed by atoms with E-state index < -0.39 is 0 Å². The lowest BCUT2D eigenvalue weighted by molar-refractivity contribution is -0.113. The van der Waals surface area contributed by atoms with Crippen LogP contribution in [0, 0.1) is 26.2 Å². The molecule has 3 aromatic rings. The smallest absolute Gasteiger partial charge is 0.259 e. The summed E-state index contributed by atoms with van der Waals surface area (Å²) in [7, 11) is 1.74. The number of aryl methyl sites for hydroxylation is 2. The molecule has 0 radical (unpaired) electrons. The van der Waals surface area contributed by atoms with Crippen LogP contribution in [-0.4, -0.2) is 40.4 Å². The van der Waals surface area contributed by atoms with Gasteiger partial charge < -0.3 is 20.5 Å². The fraction of sp³-hybridized carbons (Fsp3) is 0.200. The number of hydrogen-bond donors (Lipinski definition) is 3. The van der Waals surface area contributed by atoms with Crippen molar-refractivity contribution < 1.29 is 9.59 Å². The number of benzene rings is 1. The minimum absolute atomic E-state index is 0.129. The predicted octanol–water partition coefficient (Wildman–Crippen LogP) is 2.91. The van der Waals surface area contributed by atoms with Crippen molar-refractivity contribution in [3.8, 4) is 12.3 Å². The number of terminal acetylenes is 1. The van der Waals surface area contributed by atoms with Crippen molar-refractivity contribution in [2.24, 2.45) is 0 Å². The summed E-state index contributed by atoms with van der Waals surface area (Å²) >= 11 is 0. The van der Waals surface area contributed by atoms with Gasteiger partial charge in [-0.3, -0.25) is 9.59 Å². The molecule has 8 nitrogen and oxygen atoms in total. The van der Waals surface area contributed by atoms with E-state index in [1.165, 1.54) is 0 Å². The number of carbonyl (C=O) groups excluding carboxylic acids is 2. The van der Waals surface area contributed by atoms with Gasteiger partial charge in [0.1, 0.15) is 0 Å². The molecule has 3 N–H and O–H groups in total. The second-order valence-electron chi connectivity index (χ2n) is 7.78. The van der Waals surface area contributed by atoms with E-state index in [0.717, 1.165) is 28.1 Å². The van der Waals surface area contributed by atoms with E-state index in [4.69, 9.17) is 6.42 Å². The molecule has 0 saturated heterocycles. The minimum Gasteiger partial charge on any atom is -0.359 e. The van der Waals surface area contributed by atoms with Gasteiger partial charge >= 0.3 is 0 Å². The second-order valence-corrected chi connectivity index (χ2v) is 7.78. The first-order valence-electron chi connectivity index (χ1n) is 10.5. The first-order valence-corrected chi connectivity index (χ1v) is 10.5. The standard InChI is InChI=1S/C25H24N6O2/c1-5-8-27-23(32)18-6-7-19-20(11-21-15(2)9-16(3)30-21)24(33)31(22(19)10-18)14-17-12-28-25(26-4)29-13-17/h1,6-7,9-13,30H,8,14H2,2-4H3,(H,27,32)(H,26,28,29)/b20-11-. The van der Waals surface area contributed by atoms with Crippen LogP contribution in [0.3, 0.4) is 0 Å². The van der Waals surface area contributed by atoms with E-state index in [-0.39, 0.29) is 24.9 Å². The quantitative estimate of drug-likeness (QED) is 0.404. The average Bonchev–Trinajstić information content (AvgIpc) is 3.27. The van der Waals surface area contributed by atoms with Crippen LogP contribution in [0.1, 0.15) is 38.4 Å². The molecule has 4 rings (SSSR count). The summed E-state index contributed by atoms with van der Waals surface area (Å²) in [5.41, 5.74) is 6.10. The van der Waals surface area contributed by atoms with Crippen LogP contribution < -0.4 is 15.5 Å². The van der Waals surface area contributed by atoms with Crippen LogP contribution in [0.5, 0.6) is 0 Å². The Kier molecular flexibility index (Phi) is 5.96. The van der Waals surface area contributed by atoms with Gasteiger partial charge in [0.15, 0.2) is 0 Å². The lowest BCUT2D eigenvalue weighted by atomic mass is 10.0. The zero-order valence-electron chi connectivity index (χ0n) is 18.7. The van der Waals surface area contributed by atoms with Gasteiger partial charge in [-0.05, 0) is 43.7 Å². The zero-order chi connectivity index (χ0) is 23.5. The number of anilines is 2. The molecular formula is C25H24N6O2. The summed E-state index contributed by atoms with van der Waals surface area (Å²) in [6, 6.07) is 7.25. The minimum atomic E-state index is -0.293. The number of aromatic amines is 1. The van der Waals surface area contributed by atoms with Gasteiger partial charge in [0, 0.05) is 47.5 Å². The number of amides is 2. The molecular weight excluding hydrogens is 416 g/mol. The average molecular weight is 441 g/mol. The third-order valence-corrected chi connectivity index (χ3v) is 5.42. The van der Waals surface area contributed by atoms with Crippen LogP contribution in [0.2, 0.25) is 0 Å². The number of nitrogens with one attached hydrogen (secondary N) is 3. The summed E-state index contributed by atoms with van der Waals surface area (Å²) in [6.07, 6.45) is 10.5. The molecule has 3 heterocycles. The van der Waals surface area contributed by atoms with Crippen molar-refractivity contribution in [2.45, 2.75) is 20.4 Å². The molecule has 0 bridgehead atoms. The number of fused-ring (bicyclic) bond motifs is 1. The van der Waals surface area contributed by atoms with Crippen LogP contribution in [-0.2, 0) is 11.3 Å². The number of rotatable bonds is 6. The monoisotopic (exact) mass is 440 g/mol. The Morgan fingerprint density at radius 3 is 2.64 bits per heavy atom. The molecule has 166 valence electrons. The van der Waals surface area contributed by atoms with Gasteiger partial charge in [0.2, 0.25) is 5.95 Å². The van der Waals surface area contributed by atoms with E-state index in [0.29, 0.717) is 22.8 Å². The van der Waals surface area contributed by atoms with E-state index in [2.05, 4.69) is 31.5 Å². The summed E-state index contributed by atoms with van der Waals surface area (Å²) in [5.74, 6) is 2.44. The van der Waals surface area contributed by atoms with E-state index in [1.54, 1.807) is 42.5 Å². The van der Waals surface area contributed by atoms with Gasteiger partial charge in [-0.15, -0.1) is 6.42 Å². The normalized spacial score (nSPS) is 13.7. The number of aromatic nitrogens is 3. The van der Waals surface area contributed by atoms with E-state index in [9.17, 15) is 9.59 Å². The Balaban J connectivity index is 1.76. The van der Waals surface area contributed by atoms with E-state index >= 15 is 0 Å². The van der Waals surface area contributed by atoms with Gasteiger partial charge in [0.25, 0.3) is 11.8 Å². The Morgan fingerprint density at radius 2 is 2.00 bits per heavy atom. The van der Waals surface area contributed by atoms with Crippen molar-refractivity contribution in [1.29, 1.82) is 0 Å². The van der Waals surface area contributed by atoms with Crippen LogP contribution in [0.4, 0.5) is 11.6 Å². The predicted molar refractivity (Wildman–Crippen MR) is 129 cm³/mol. The third-order valence-electron chi connectivity index (χ3n) is 5.42. The maximum atomic E-state index is 13.5. The van der Waals surface area contributed by atoms with Gasteiger partial charge in [-0.1, -0.05) is 12.0 Å². The summed E-state index contributed by atoms with van der Waals surface area (Å²) in [5, 5.41) is 5.54. The second kappa shape index (κ2) is 9.01. The maximum absolute atomic E-state index is 13.5. The molecule has 2 amide bonds. The zero-order valence-corrected chi connectivity index (χ0v) is 18.7. The first-order chi connectivity index (χ1) is 15.9. The summed E-state index contributed by atoms with van der Waals surface area (Å²) < 4.78 is 0. The number of H-pyrrole nitrogens is 1. The lowest BCUT2D eigenvalue weighted by Gasteiger charge is -2.17. The van der Waals surface area contributed by atoms with Crippen LogP contribution in [0.15, 0.2) is 36.7 Å². The Labute approximate surface area is 192 Å². The van der Waals surface area contributed by atoms with Crippen LogP contribution >= 0.6 is 0 Å². The molecule has 0 aliphatic carbocycles. The number of carbonyl (C=O) groups is 2. The summed E-state index contributed by atoms with van der Waals surface area (Å²) in [6.45, 7) is 4.37. The van der Waals surface area contributed by atoms with E-state index in [1.807, 2.05) is 26.0 Å². The molecule has 0 fully saturated rings. The van der Waals surface area contributed by atoms with Crippen molar-refractivity contribution in [2.75, 3.05) is 23.8 Å². The molecule has 0 unspecified atom stereocenters. The lowest BCUT2D eigenvalue weighted by Crippen LogP contribution is -2.27. The number of nitrogens with zero attached hydrogens (tertiary/aromatic N) is 3. The molecule has 33 heavy (non-hydrogen) atoms. The molecule has 1 aliphatic heterocycles. The fourth-order valence-corrected chi connectivity index (χ4v) is 3.82. The Hall–Kier alpha value is -4.38. The van der Waals surface area contributed by atoms with Crippen LogP contribution in [0.25, 0.3) is 11.6 Å². The largest absolute Gasteiger partial charge is 0.359 e. The molecule has 2 aromatic heterocycles. The highest BCUT2D eigenvalue weighted by atomic mass is 16.2. The topological polar surface area (TPSA) is 103 Å². The molecule has 0 saturated carbocycles. The fourth-order valence-electron chi connectivity index (χ4n) is 3.82. The first kappa shape index (κ1) is 21.8. The molecule has 1 aliphatic rings. The highest BCUT2D eigenvalue weighted by Crippen LogP contribution is 2.39. The highest BCUT2D eigenvalue weighted by Gasteiger charge is 2.33. The Bertz CT molecular complexity index is 1300. The molecule has 0 spiro atoms. The molecule has 0 atom stereocenters. The Morgan fingerprint density at radius 1 is 1.24 bits per heavy atom. The summed E-state index contributed by atoms with van der Waals surface area (Å²) in [4.78, 5) is 39.4. The van der Waals surface area contributed by atoms with Crippen molar-refractivity contribution in [3.63, 3.8) is 0 Å². The molecule has 8 heteroatoms. The SMILES string of the molecule is C#CCNC(=O)c1ccc2c(c1)N(Cc1cnc(NC)nc1)C(=O)/C2=C\c1[nH]c(C)cc1C. The highest BCUT2D eigenvalue weighted by molar-refractivity contribution is 6.36. The number of hydrogen-bond acceptors (Lipinski definition) is 5. The third kappa shape index (κ3) is 4.34. The maximum Gasteiger partial charge on any atom is 0.259 e. The van der Waals surface area contributed by atoms with Gasteiger partial charge in [-0.25, -0.2) is 9.97 Å². The van der Waals surface area contributed by atoms with Crippen molar-refractivity contribution in [3.05, 3.63) is 70.3 Å². The van der Waals surface area contributed by atoms with Crippen molar-refractivity contribution >= 4 is 35.1 Å². The van der Waals surface area contributed by atoms with Gasteiger partial charge in [0.05, 0.1) is 24.4 Å². The molecule has 1 aromatic carbocycles. The van der Waals surface area contributed by atoms with Gasteiger partial charge in [-0.2, -0.15) is 0 Å².